The molecule has 0 aliphatic carbocycles. The fourth-order valence-corrected chi connectivity index (χ4v) is 3.66. The number of aromatic nitrogens is 1. The van der Waals surface area contributed by atoms with Crippen LogP contribution in [-0.2, 0) is 0 Å². The summed E-state index contributed by atoms with van der Waals surface area (Å²) < 4.78 is 5.85. The molecule has 0 unspecified atom stereocenters. The second kappa shape index (κ2) is 7.13. The molecule has 1 saturated heterocycles. The molecule has 0 radical (unpaired) electrons. The van der Waals surface area contributed by atoms with Gasteiger partial charge in [-0.3, -0.25) is 4.79 Å². The number of nitrogens with zero attached hydrogens (tertiary/aromatic N) is 2. The molecule has 3 rings (SSSR count). The van der Waals surface area contributed by atoms with Crippen molar-refractivity contribution in [1.82, 2.24) is 9.88 Å². The summed E-state index contributed by atoms with van der Waals surface area (Å²) in [5, 5.41) is 0. The normalized spacial score (nSPS) is 15.7. The second-order valence-electron chi connectivity index (χ2n) is 6.08. The molecule has 2 aromatic rings. The van der Waals surface area contributed by atoms with Gasteiger partial charge in [-0.05, 0) is 50.8 Å². The number of carbonyl (C=O) groups is 1. The summed E-state index contributed by atoms with van der Waals surface area (Å²) in [6, 6.07) is 7.86. The Labute approximate surface area is 141 Å². The smallest absolute Gasteiger partial charge is 0.263 e. The number of rotatable bonds is 4. The number of thiophene rings is 1. The van der Waals surface area contributed by atoms with Gasteiger partial charge in [0.15, 0.2) is 0 Å². The molecular weight excluding hydrogens is 308 g/mol. The van der Waals surface area contributed by atoms with Gasteiger partial charge >= 0.3 is 0 Å². The Kier molecular flexibility index (Phi) is 4.96. The summed E-state index contributed by atoms with van der Waals surface area (Å²) in [5.41, 5.74) is 1.06. The zero-order valence-electron chi connectivity index (χ0n) is 13.6. The summed E-state index contributed by atoms with van der Waals surface area (Å²) >= 11 is 1.58. The van der Waals surface area contributed by atoms with Crippen molar-refractivity contribution in [3.8, 4) is 5.88 Å². The average Bonchev–Trinajstić information content (AvgIpc) is 3.00. The minimum atomic E-state index is 0.169. The summed E-state index contributed by atoms with van der Waals surface area (Å²) in [6.45, 7) is 6.34. The molecule has 4 nitrogen and oxygen atoms in total. The van der Waals surface area contributed by atoms with Crippen molar-refractivity contribution >= 4 is 17.2 Å². The van der Waals surface area contributed by atoms with Crippen molar-refractivity contribution in [3.05, 3.63) is 45.8 Å². The van der Waals surface area contributed by atoms with Crippen LogP contribution in [0.5, 0.6) is 5.88 Å². The van der Waals surface area contributed by atoms with E-state index in [1.54, 1.807) is 17.5 Å². The lowest BCUT2D eigenvalue weighted by molar-refractivity contribution is 0.0664. The van der Waals surface area contributed by atoms with E-state index in [4.69, 9.17) is 4.74 Å². The number of pyridine rings is 1. The lowest BCUT2D eigenvalue weighted by Crippen LogP contribution is -2.39. The number of ether oxygens (including phenoxy) is 1. The van der Waals surface area contributed by atoms with Gasteiger partial charge in [-0.1, -0.05) is 6.07 Å². The Morgan fingerprint density at radius 3 is 2.74 bits per heavy atom. The summed E-state index contributed by atoms with van der Waals surface area (Å²) in [4.78, 5) is 20.7. The summed E-state index contributed by atoms with van der Waals surface area (Å²) in [7, 11) is 0. The Bertz CT molecular complexity index is 675. The maximum Gasteiger partial charge on any atom is 0.263 e. The third-order valence-electron chi connectivity index (χ3n) is 4.27. The molecule has 5 heteroatoms. The van der Waals surface area contributed by atoms with Crippen LogP contribution in [-0.4, -0.2) is 35.5 Å². The maximum absolute atomic E-state index is 12.4. The van der Waals surface area contributed by atoms with Gasteiger partial charge in [-0.25, -0.2) is 4.98 Å². The number of amides is 1. The molecule has 0 bridgehead atoms. The predicted molar refractivity (Wildman–Crippen MR) is 92.2 cm³/mol. The van der Waals surface area contributed by atoms with E-state index in [0.717, 1.165) is 42.3 Å². The number of carbonyl (C=O) groups excluding carboxylic acids is 1. The van der Waals surface area contributed by atoms with Crippen molar-refractivity contribution in [2.75, 3.05) is 19.7 Å². The van der Waals surface area contributed by atoms with Crippen LogP contribution in [0.25, 0.3) is 0 Å². The highest BCUT2D eigenvalue weighted by Crippen LogP contribution is 2.23. The molecule has 1 aliphatic rings. The minimum absolute atomic E-state index is 0.169. The van der Waals surface area contributed by atoms with Crippen molar-refractivity contribution < 1.29 is 9.53 Å². The van der Waals surface area contributed by atoms with Crippen LogP contribution in [0.1, 0.15) is 33.0 Å². The third-order valence-corrected chi connectivity index (χ3v) is 5.26. The van der Waals surface area contributed by atoms with Crippen LogP contribution in [0, 0.1) is 19.8 Å². The quantitative estimate of drug-likeness (QED) is 0.858. The van der Waals surface area contributed by atoms with Crippen molar-refractivity contribution in [3.63, 3.8) is 0 Å². The number of piperidine rings is 1. The Balaban J connectivity index is 1.49. The van der Waals surface area contributed by atoms with Gasteiger partial charge in [0.05, 0.1) is 11.5 Å². The Morgan fingerprint density at radius 2 is 2.09 bits per heavy atom. The first-order valence-corrected chi connectivity index (χ1v) is 8.85. The molecule has 3 heterocycles. The first-order valence-electron chi connectivity index (χ1n) is 8.03. The third kappa shape index (κ3) is 3.91. The average molecular weight is 330 g/mol. The van der Waals surface area contributed by atoms with E-state index in [-0.39, 0.29) is 5.91 Å². The van der Waals surface area contributed by atoms with Crippen molar-refractivity contribution in [1.29, 1.82) is 0 Å². The molecule has 122 valence electrons. The van der Waals surface area contributed by atoms with E-state index in [9.17, 15) is 4.79 Å². The highest BCUT2D eigenvalue weighted by atomic mass is 32.1. The summed E-state index contributed by atoms with van der Waals surface area (Å²) in [5.74, 6) is 1.38. The second-order valence-corrected chi connectivity index (χ2v) is 7.37. The van der Waals surface area contributed by atoms with Gasteiger partial charge in [0.1, 0.15) is 0 Å². The number of hydrogen-bond donors (Lipinski definition) is 0. The van der Waals surface area contributed by atoms with Gasteiger partial charge in [0, 0.05) is 29.7 Å². The molecule has 0 spiro atoms. The Hall–Kier alpha value is -1.88. The molecule has 0 aromatic carbocycles. The number of likely N-dealkylation sites (tertiary alicyclic amines) is 1. The standard InChI is InChI=1S/C18H22N2O2S/c1-13-4-3-9-19-17(13)22-12-15-7-10-20(11-8-15)18(21)16-6-5-14(2)23-16/h3-6,9,15H,7-8,10-12H2,1-2H3. The molecule has 0 saturated carbocycles. The van der Waals surface area contributed by atoms with Gasteiger partial charge in [-0.2, -0.15) is 0 Å². The zero-order chi connectivity index (χ0) is 16.2. The van der Waals surface area contributed by atoms with Crippen molar-refractivity contribution in [2.45, 2.75) is 26.7 Å². The Morgan fingerprint density at radius 1 is 1.30 bits per heavy atom. The van der Waals surface area contributed by atoms with Crippen LogP contribution in [0.2, 0.25) is 0 Å². The van der Waals surface area contributed by atoms with Crippen LogP contribution in [0.15, 0.2) is 30.5 Å². The molecule has 1 aliphatic heterocycles. The van der Waals surface area contributed by atoms with Crippen molar-refractivity contribution in [2.24, 2.45) is 5.92 Å². The van der Waals surface area contributed by atoms with E-state index >= 15 is 0 Å². The lowest BCUT2D eigenvalue weighted by atomic mass is 9.97. The molecule has 2 aromatic heterocycles. The van der Waals surface area contributed by atoms with Gasteiger partial charge in [0.25, 0.3) is 5.91 Å². The first-order chi connectivity index (χ1) is 11.1. The fourth-order valence-electron chi connectivity index (χ4n) is 2.83. The monoisotopic (exact) mass is 330 g/mol. The molecule has 1 amide bonds. The first kappa shape index (κ1) is 16.0. The minimum Gasteiger partial charge on any atom is -0.477 e. The molecular formula is C18H22N2O2S. The van der Waals surface area contributed by atoms with E-state index in [0.29, 0.717) is 12.5 Å². The molecule has 0 atom stereocenters. The van der Waals surface area contributed by atoms with Gasteiger partial charge in [-0.15, -0.1) is 11.3 Å². The highest BCUT2D eigenvalue weighted by Gasteiger charge is 2.24. The number of aryl methyl sites for hydroxylation is 2. The molecule has 0 N–H and O–H groups in total. The van der Waals surface area contributed by atoms with Crippen LogP contribution >= 0.6 is 11.3 Å². The van der Waals surface area contributed by atoms with E-state index in [1.165, 1.54) is 4.88 Å². The topological polar surface area (TPSA) is 42.4 Å². The largest absolute Gasteiger partial charge is 0.477 e. The van der Waals surface area contributed by atoms with Crippen LogP contribution < -0.4 is 4.74 Å². The highest BCUT2D eigenvalue weighted by molar-refractivity contribution is 7.13. The number of hydrogen-bond acceptors (Lipinski definition) is 4. The van der Waals surface area contributed by atoms with E-state index in [1.807, 2.05) is 43.0 Å². The van der Waals surface area contributed by atoms with Gasteiger partial charge < -0.3 is 9.64 Å². The fraction of sp³-hybridized carbons (Fsp3) is 0.444. The molecule has 23 heavy (non-hydrogen) atoms. The lowest BCUT2D eigenvalue weighted by Gasteiger charge is -2.31. The van der Waals surface area contributed by atoms with Crippen LogP contribution in [0.3, 0.4) is 0 Å². The SMILES string of the molecule is Cc1ccc(C(=O)N2CCC(COc3ncccc3C)CC2)s1. The zero-order valence-corrected chi connectivity index (χ0v) is 14.4. The maximum atomic E-state index is 12.4. The van der Waals surface area contributed by atoms with Crippen LogP contribution in [0.4, 0.5) is 0 Å². The summed E-state index contributed by atoms with van der Waals surface area (Å²) in [6.07, 6.45) is 3.73. The predicted octanol–water partition coefficient (Wildman–Crippen LogP) is 3.69. The van der Waals surface area contributed by atoms with E-state index < -0.39 is 0 Å². The molecule has 1 fully saturated rings. The van der Waals surface area contributed by atoms with E-state index in [2.05, 4.69) is 4.98 Å². The van der Waals surface area contributed by atoms with Gasteiger partial charge in [0.2, 0.25) is 5.88 Å².